The number of amides is 3. The lowest BCUT2D eigenvalue weighted by Gasteiger charge is -2.36. The molecule has 0 aromatic heterocycles. The van der Waals surface area contributed by atoms with Crippen molar-refractivity contribution in [2.24, 2.45) is 5.92 Å². The lowest BCUT2D eigenvalue weighted by atomic mass is 9.73. The summed E-state index contributed by atoms with van der Waals surface area (Å²) in [6.45, 7) is 1.75. The molecule has 5 nitrogen and oxygen atoms in total. The molecule has 1 aliphatic carbocycles. The molecule has 0 bridgehead atoms. The highest BCUT2D eigenvalue weighted by Crippen LogP contribution is 2.38. The summed E-state index contributed by atoms with van der Waals surface area (Å²) < 4.78 is 0. The summed E-state index contributed by atoms with van der Waals surface area (Å²) in [4.78, 5) is 38.4. The van der Waals surface area contributed by atoms with E-state index < -0.39 is 11.6 Å². The summed E-state index contributed by atoms with van der Waals surface area (Å²) in [5.74, 6) is -0.453. The van der Waals surface area contributed by atoms with E-state index >= 15 is 0 Å². The van der Waals surface area contributed by atoms with E-state index in [9.17, 15) is 14.4 Å². The minimum Gasteiger partial charge on any atom is -0.323 e. The number of carbonyl (C=O) groups excluding carboxylic acids is 3. The molecule has 2 aliphatic rings. The van der Waals surface area contributed by atoms with Crippen molar-refractivity contribution in [1.29, 1.82) is 0 Å². The molecule has 6 heteroatoms. The Labute approximate surface area is 140 Å². The molecule has 23 heavy (non-hydrogen) atoms. The number of hydrogen-bond donors (Lipinski definition) is 1. The van der Waals surface area contributed by atoms with Gasteiger partial charge in [-0.2, -0.15) is 0 Å². The average Bonchev–Trinajstić information content (AvgIpc) is 2.76. The highest BCUT2D eigenvalue weighted by Gasteiger charge is 2.55. The Balaban J connectivity index is 1.78. The van der Waals surface area contributed by atoms with E-state index in [0.29, 0.717) is 17.0 Å². The zero-order valence-corrected chi connectivity index (χ0v) is 13.7. The topological polar surface area (TPSA) is 66.5 Å². The zero-order valence-electron chi connectivity index (χ0n) is 13.0. The van der Waals surface area contributed by atoms with Crippen LogP contribution in [0.5, 0.6) is 0 Å². The van der Waals surface area contributed by atoms with E-state index in [-0.39, 0.29) is 24.2 Å². The molecule has 1 spiro atoms. The summed E-state index contributed by atoms with van der Waals surface area (Å²) >= 11 is 5.81. The monoisotopic (exact) mass is 334 g/mol. The van der Waals surface area contributed by atoms with E-state index in [1.165, 1.54) is 0 Å². The number of halogens is 1. The lowest BCUT2D eigenvalue weighted by molar-refractivity contribution is -0.133. The number of hydrogen-bond acceptors (Lipinski definition) is 3. The normalized spacial score (nSPS) is 27.4. The average molecular weight is 335 g/mol. The molecule has 2 fully saturated rings. The number of rotatable bonds is 3. The maximum Gasteiger partial charge on any atom is 0.325 e. The summed E-state index contributed by atoms with van der Waals surface area (Å²) in [6, 6.07) is 5.96. The highest BCUT2D eigenvalue weighted by atomic mass is 35.5. The fourth-order valence-corrected chi connectivity index (χ4v) is 3.64. The third-order valence-electron chi connectivity index (χ3n) is 4.97. The van der Waals surface area contributed by atoms with Crippen LogP contribution < -0.4 is 5.32 Å². The fraction of sp³-hybridized carbons (Fsp3) is 0.471. The molecule has 122 valence electrons. The van der Waals surface area contributed by atoms with E-state index in [0.717, 1.165) is 24.2 Å². The fourth-order valence-electron chi connectivity index (χ4n) is 3.51. The first-order chi connectivity index (χ1) is 10.9. The quantitative estimate of drug-likeness (QED) is 0.682. The Bertz CT molecular complexity index is 658. The third kappa shape index (κ3) is 2.74. The van der Waals surface area contributed by atoms with Crippen LogP contribution in [0.25, 0.3) is 0 Å². The van der Waals surface area contributed by atoms with Gasteiger partial charge in [0, 0.05) is 10.6 Å². The molecule has 2 atom stereocenters. The predicted octanol–water partition coefficient (Wildman–Crippen LogP) is 3.02. The SMILES string of the molecule is C[C@@H]1CCCC[C@]12NC(=O)N(CC(=O)c1ccc(Cl)cc1)C2=O. The van der Waals surface area contributed by atoms with Crippen molar-refractivity contribution in [3.63, 3.8) is 0 Å². The van der Waals surface area contributed by atoms with E-state index in [2.05, 4.69) is 5.32 Å². The number of ketones is 1. The van der Waals surface area contributed by atoms with Crippen LogP contribution in [0.2, 0.25) is 5.02 Å². The number of imide groups is 1. The third-order valence-corrected chi connectivity index (χ3v) is 5.22. The summed E-state index contributed by atoms with van der Waals surface area (Å²) in [5.41, 5.74) is -0.386. The first kappa shape index (κ1) is 16.0. The van der Waals surface area contributed by atoms with E-state index in [4.69, 9.17) is 11.6 Å². The molecule has 1 aliphatic heterocycles. The van der Waals surface area contributed by atoms with Gasteiger partial charge in [-0.05, 0) is 43.0 Å². The van der Waals surface area contributed by atoms with Gasteiger partial charge in [-0.25, -0.2) is 4.79 Å². The molecule has 1 heterocycles. The number of carbonyl (C=O) groups is 3. The summed E-state index contributed by atoms with van der Waals surface area (Å²) in [5, 5.41) is 3.38. The van der Waals surface area contributed by atoms with Crippen LogP contribution in [0.1, 0.15) is 43.0 Å². The van der Waals surface area contributed by atoms with Crippen molar-refractivity contribution in [2.45, 2.75) is 38.1 Å². The van der Waals surface area contributed by atoms with Crippen molar-refractivity contribution in [3.8, 4) is 0 Å². The number of nitrogens with zero attached hydrogens (tertiary/aromatic N) is 1. The van der Waals surface area contributed by atoms with E-state index in [1.807, 2.05) is 6.92 Å². The number of Topliss-reactive ketones (excluding diaryl/α,β-unsaturated/α-hetero) is 1. The maximum atomic E-state index is 12.8. The molecule has 1 saturated heterocycles. The van der Waals surface area contributed by atoms with Gasteiger partial charge < -0.3 is 5.32 Å². The minimum absolute atomic E-state index is 0.0864. The Morgan fingerprint density at radius 1 is 1.30 bits per heavy atom. The molecule has 0 unspecified atom stereocenters. The summed E-state index contributed by atoms with van der Waals surface area (Å²) in [7, 11) is 0. The highest BCUT2D eigenvalue weighted by molar-refractivity contribution is 6.30. The first-order valence-electron chi connectivity index (χ1n) is 7.87. The number of nitrogens with one attached hydrogen (secondary N) is 1. The summed E-state index contributed by atoms with van der Waals surface area (Å²) in [6.07, 6.45) is 3.53. The van der Waals surface area contributed by atoms with Crippen LogP contribution in [-0.2, 0) is 4.79 Å². The van der Waals surface area contributed by atoms with Crippen LogP contribution in [0, 0.1) is 5.92 Å². The van der Waals surface area contributed by atoms with Crippen molar-refractivity contribution in [3.05, 3.63) is 34.9 Å². The second-order valence-corrected chi connectivity index (χ2v) is 6.81. The number of benzene rings is 1. The van der Waals surface area contributed by atoms with Gasteiger partial charge in [-0.15, -0.1) is 0 Å². The Hall–Kier alpha value is -1.88. The van der Waals surface area contributed by atoms with Gasteiger partial charge in [0.05, 0.1) is 6.54 Å². The van der Waals surface area contributed by atoms with Gasteiger partial charge in [-0.1, -0.05) is 31.4 Å². The van der Waals surface area contributed by atoms with Crippen LogP contribution in [-0.4, -0.2) is 34.7 Å². The second kappa shape index (κ2) is 5.96. The van der Waals surface area contributed by atoms with Gasteiger partial charge in [-0.3, -0.25) is 14.5 Å². The largest absolute Gasteiger partial charge is 0.325 e. The first-order valence-corrected chi connectivity index (χ1v) is 8.25. The lowest BCUT2D eigenvalue weighted by Crippen LogP contribution is -2.54. The van der Waals surface area contributed by atoms with Crippen molar-refractivity contribution >= 4 is 29.3 Å². The Kier molecular flexibility index (Phi) is 4.15. The van der Waals surface area contributed by atoms with Crippen molar-refractivity contribution in [2.75, 3.05) is 6.54 Å². The maximum absolute atomic E-state index is 12.8. The molecule has 0 radical (unpaired) electrons. The standard InChI is InChI=1S/C17H19ClN2O3/c1-11-4-2-3-9-17(11)15(22)20(16(23)19-17)10-14(21)12-5-7-13(18)8-6-12/h5-8,11H,2-4,9-10H2,1H3,(H,19,23)/t11-,17+/m1/s1. The van der Waals surface area contributed by atoms with E-state index in [1.54, 1.807) is 24.3 Å². The van der Waals surface area contributed by atoms with Crippen LogP contribution in [0.4, 0.5) is 4.79 Å². The van der Waals surface area contributed by atoms with Crippen LogP contribution in [0.15, 0.2) is 24.3 Å². The van der Waals surface area contributed by atoms with Gasteiger partial charge >= 0.3 is 6.03 Å². The van der Waals surface area contributed by atoms with Crippen molar-refractivity contribution < 1.29 is 14.4 Å². The van der Waals surface area contributed by atoms with Crippen molar-refractivity contribution in [1.82, 2.24) is 10.2 Å². The molecule has 1 aromatic rings. The van der Waals surface area contributed by atoms with Gasteiger partial charge in [0.1, 0.15) is 5.54 Å². The molecular weight excluding hydrogens is 316 g/mol. The second-order valence-electron chi connectivity index (χ2n) is 6.37. The van der Waals surface area contributed by atoms with Gasteiger partial charge in [0.25, 0.3) is 5.91 Å². The van der Waals surface area contributed by atoms with Gasteiger partial charge in [0.2, 0.25) is 0 Å². The van der Waals surface area contributed by atoms with Crippen LogP contribution in [0.3, 0.4) is 0 Å². The molecule has 1 saturated carbocycles. The molecular formula is C17H19ClN2O3. The Morgan fingerprint density at radius 3 is 2.65 bits per heavy atom. The minimum atomic E-state index is -0.824. The Morgan fingerprint density at radius 2 is 2.00 bits per heavy atom. The van der Waals surface area contributed by atoms with Gasteiger partial charge in [0.15, 0.2) is 5.78 Å². The molecule has 3 amide bonds. The van der Waals surface area contributed by atoms with Crippen LogP contribution >= 0.6 is 11.6 Å². The smallest absolute Gasteiger partial charge is 0.323 e. The predicted molar refractivity (Wildman–Crippen MR) is 86.4 cm³/mol. The molecule has 3 rings (SSSR count). The number of urea groups is 1. The molecule has 1 N–H and O–H groups in total. The zero-order chi connectivity index (χ0) is 16.6. The molecule has 1 aromatic carbocycles.